The van der Waals surface area contributed by atoms with E-state index in [1.807, 2.05) is 84.1 Å². The lowest BCUT2D eigenvalue weighted by atomic mass is 9.72. The van der Waals surface area contributed by atoms with Crippen molar-refractivity contribution in [2.45, 2.75) is 143 Å². The molecular weight excluding hydrogens is 1490 g/mol. The molecule has 0 saturated carbocycles. The molecule has 6 heterocycles. The molecule has 5 aliphatic rings. The van der Waals surface area contributed by atoms with Crippen molar-refractivity contribution in [3.63, 3.8) is 0 Å². The van der Waals surface area contributed by atoms with E-state index in [0.29, 0.717) is 101 Å². The predicted molar refractivity (Wildman–Crippen MR) is 407 cm³/mol. The number of benzene rings is 5. The third-order valence-electron chi connectivity index (χ3n) is 20.6. The number of amides is 4. The molecule has 2 aromatic heterocycles. The molecule has 5 aromatic carbocycles. The Labute approximate surface area is 640 Å². The lowest BCUT2D eigenvalue weighted by molar-refractivity contribution is -0.141. The van der Waals surface area contributed by atoms with E-state index in [4.69, 9.17) is 25.6 Å². The normalized spacial score (nSPS) is 19.1. The molecule has 3 fully saturated rings. The van der Waals surface area contributed by atoms with Gasteiger partial charge in [-0.2, -0.15) is 13.2 Å². The van der Waals surface area contributed by atoms with Crippen LogP contribution in [0.1, 0.15) is 118 Å². The van der Waals surface area contributed by atoms with Gasteiger partial charge in [-0.25, -0.2) is 26.5 Å². The van der Waals surface area contributed by atoms with Crippen LogP contribution < -0.4 is 29.7 Å². The highest BCUT2D eigenvalue weighted by molar-refractivity contribution is 7.99. The lowest BCUT2D eigenvalue weighted by Crippen LogP contribution is -2.55. The number of likely N-dealkylation sites (tertiary alicyclic amines) is 1. The summed E-state index contributed by atoms with van der Waals surface area (Å²) in [5.74, 6) is -1.77. The SMILES string of the molecule is CC(C)[C@H](C(=O)N1C[C@H](O)C[C@H]1C(=O)NCc1ccc2c(c1)OCc1ncsc1-2)c1cc(OCCCCC(=O)N2CCN(CC[C@H](CSc3ccccc3)Nc3ccc(S(=O)(=O)NC(=O)c4ccc(N5CCN(CC6=C(c7ccc(Cl)cc7)CC(C)(C)CC6)C[C@H]5CO)cc4)cc3S(=O)(=O)C(F)(F)F)CC2)no1. The smallest absolute Gasteiger partial charge is 0.487 e. The highest BCUT2D eigenvalue weighted by Crippen LogP contribution is 2.45. The van der Waals surface area contributed by atoms with Gasteiger partial charge in [0.2, 0.25) is 17.7 Å². The quantitative estimate of drug-likeness (QED) is 0.0215. The van der Waals surface area contributed by atoms with Gasteiger partial charge in [0, 0.05) is 129 Å². The second-order valence-electron chi connectivity index (χ2n) is 29.2. The van der Waals surface area contributed by atoms with Crippen molar-refractivity contribution in [1.82, 2.24) is 39.8 Å². The molecule has 1 aliphatic carbocycles. The van der Waals surface area contributed by atoms with Crippen molar-refractivity contribution in [3.8, 4) is 22.1 Å². The minimum atomic E-state index is -6.21. The zero-order chi connectivity index (χ0) is 76.7. The lowest BCUT2D eigenvalue weighted by Gasteiger charge is -2.43. The molecule has 578 valence electrons. The number of hydrogen-bond acceptors (Lipinski definition) is 21. The Balaban J connectivity index is 0.612. The number of aromatic nitrogens is 2. The average Bonchev–Trinajstić information content (AvgIpc) is 1.25. The number of hydrogen-bond donors (Lipinski definition) is 5. The minimum Gasteiger partial charge on any atom is -0.487 e. The van der Waals surface area contributed by atoms with Crippen LogP contribution in [0, 0.1) is 11.3 Å². The van der Waals surface area contributed by atoms with Crippen molar-refractivity contribution in [2.24, 2.45) is 11.3 Å². The van der Waals surface area contributed by atoms with Gasteiger partial charge in [-0.3, -0.25) is 29.0 Å². The van der Waals surface area contributed by atoms with Crippen molar-refractivity contribution < 1.29 is 73.4 Å². The third kappa shape index (κ3) is 19.2. The number of halogens is 4. The van der Waals surface area contributed by atoms with Crippen LogP contribution in [-0.2, 0) is 47.4 Å². The van der Waals surface area contributed by atoms with Gasteiger partial charge in [0.25, 0.3) is 31.6 Å². The number of unbranched alkanes of at least 4 members (excludes halogenated alkanes) is 1. The van der Waals surface area contributed by atoms with Crippen molar-refractivity contribution in [1.29, 1.82) is 0 Å². The number of thioether (sulfide) groups is 1. The maximum Gasteiger partial charge on any atom is 0.501 e. The molecule has 108 heavy (non-hydrogen) atoms. The standard InChI is InChI=1S/C77H90ClF3N10O13S4/c1-49(2)71(75(97)91-44-58(93)37-65(91)74(96)82-41-50-13-23-61-66(36-50)103-46-64-72(61)106-48-83-64)67-39-69(85-104-67)102-35-9-8-12-70(94)89-32-29-87(30-33-89)28-26-55(47-105-59-10-6-5-7-11-59)84-63-24-22-60(38-68(63)107(98,99)77(79,80)81)108(100,101)86-73(95)52-16-20-56(21-17-52)90-34-31-88(43-57(90)45-92)42-53-25-27-76(3,4)40-62(53)51-14-18-54(78)19-15-51/h5-7,10-11,13-24,36,38-39,48-49,55,57-58,65,71,84,92-93H,8-9,12,25-35,37,40-47H2,1-4H3,(H,82,96)(H,86,95)/t55-,57+,58-,65+,71+/m1/s1. The van der Waals surface area contributed by atoms with Gasteiger partial charge in [-0.15, -0.1) is 23.1 Å². The first-order chi connectivity index (χ1) is 51.6. The number of ether oxygens (including phenoxy) is 2. The Hall–Kier alpha value is -8.07. The molecule has 31 heteroatoms. The number of alkyl halides is 3. The van der Waals surface area contributed by atoms with Crippen LogP contribution in [0.3, 0.4) is 0 Å². The van der Waals surface area contributed by atoms with E-state index >= 15 is 0 Å². The van der Waals surface area contributed by atoms with Gasteiger partial charge in [0.1, 0.15) is 29.2 Å². The van der Waals surface area contributed by atoms with Crippen LogP contribution in [0.5, 0.6) is 11.6 Å². The maximum atomic E-state index is 14.6. The fourth-order valence-corrected chi connectivity index (χ4v) is 18.6. The van der Waals surface area contributed by atoms with Gasteiger partial charge in [-0.05, 0) is 151 Å². The van der Waals surface area contributed by atoms with Gasteiger partial charge in [-0.1, -0.05) is 81.3 Å². The molecule has 0 radical (unpaired) electrons. The average molecular weight is 1580 g/mol. The summed E-state index contributed by atoms with van der Waals surface area (Å²) in [6.07, 6.45) is 3.57. The topological polar surface area (TPSA) is 287 Å². The molecule has 4 amide bonds. The number of fused-ring (bicyclic) bond motifs is 3. The molecular formula is C77H90ClF3N10O13S4. The van der Waals surface area contributed by atoms with E-state index < -0.39 is 82.7 Å². The van der Waals surface area contributed by atoms with Crippen molar-refractivity contribution in [3.05, 3.63) is 166 Å². The van der Waals surface area contributed by atoms with Crippen LogP contribution in [0.2, 0.25) is 5.02 Å². The van der Waals surface area contributed by atoms with Gasteiger partial charge in [0.05, 0.1) is 52.0 Å². The summed E-state index contributed by atoms with van der Waals surface area (Å²) < 4.78 is 118. The Morgan fingerprint density at radius 2 is 1.63 bits per heavy atom. The number of nitrogens with one attached hydrogen (secondary N) is 3. The van der Waals surface area contributed by atoms with Crippen molar-refractivity contribution >= 4 is 95.1 Å². The zero-order valence-electron chi connectivity index (χ0n) is 60.5. The number of piperazine rings is 2. The van der Waals surface area contributed by atoms with Crippen LogP contribution in [0.4, 0.5) is 24.5 Å². The third-order valence-corrected chi connectivity index (χ3v) is 25.8. The molecule has 5 atom stereocenters. The summed E-state index contributed by atoms with van der Waals surface area (Å²) in [6.45, 7) is 13.4. The molecule has 0 spiro atoms. The van der Waals surface area contributed by atoms with Crippen LogP contribution >= 0.6 is 34.7 Å². The van der Waals surface area contributed by atoms with E-state index in [1.54, 1.807) is 28.6 Å². The number of aliphatic hydroxyl groups excluding tert-OH is 2. The van der Waals surface area contributed by atoms with E-state index in [-0.39, 0.29) is 85.4 Å². The Kier molecular flexibility index (Phi) is 25.4. The summed E-state index contributed by atoms with van der Waals surface area (Å²) in [4.78, 5) is 68.8. The van der Waals surface area contributed by atoms with Crippen LogP contribution in [0.15, 0.2) is 152 Å². The number of nitrogens with zero attached hydrogens (tertiary/aromatic N) is 7. The summed E-state index contributed by atoms with van der Waals surface area (Å²) in [7, 11) is -11.2. The molecule has 23 nitrogen and oxygen atoms in total. The minimum absolute atomic E-state index is 0.0365. The maximum absolute atomic E-state index is 14.6. The first kappa shape index (κ1) is 79.5. The molecule has 7 aromatic rings. The molecule has 3 saturated heterocycles. The molecule has 0 bridgehead atoms. The number of carbonyl (C=O) groups is 4. The van der Waals surface area contributed by atoms with E-state index in [2.05, 4.69) is 56.6 Å². The van der Waals surface area contributed by atoms with E-state index in [1.165, 1.54) is 51.3 Å². The van der Waals surface area contributed by atoms with Crippen molar-refractivity contribution in [2.75, 3.05) is 94.6 Å². The number of allylic oxidation sites excluding steroid dienone is 1. The largest absolute Gasteiger partial charge is 0.501 e. The first-order valence-corrected chi connectivity index (χ1v) is 41.5. The van der Waals surface area contributed by atoms with E-state index in [9.17, 15) is 59.4 Å². The summed E-state index contributed by atoms with van der Waals surface area (Å²) in [5.41, 5.74) is 2.60. The number of aliphatic hydroxyl groups is 2. The number of rotatable bonds is 29. The molecule has 0 unspecified atom stereocenters. The fraction of sp³-hybridized carbons (Fsp3) is 0.455. The van der Waals surface area contributed by atoms with Crippen LogP contribution in [0.25, 0.3) is 16.0 Å². The highest BCUT2D eigenvalue weighted by atomic mass is 35.5. The predicted octanol–water partition coefficient (Wildman–Crippen LogP) is 11.3. The van der Waals surface area contributed by atoms with E-state index in [0.717, 1.165) is 70.1 Å². The Morgan fingerprint density at radius 3 is 2.36 bits per heavy atom. The molecule has 4 aliphatic heterocycles. The van der Waals surface area contributed by atoms with Gasteiger partial charge >= 0.3 is 5.51 Å². The van der Waals surface area contributed by atoms with Gasteiger partial charge in [0.15, 0.2) is 5.76 Å². The first-order valence-electron chi connectivity index (χ1n) is 36.3. The molecule has 12 rings (SSSR count). The number of sulfonamides is 1. The number of β-amino-alcohol motifs (C(OH)–C–C–N with tert-alkyl or cyclic N) is 1. The Bertz CT molecular complexity index is 4620. The summed E-state index contributed by atoms with van der Waals surface area (Å²) in [6, 6.07) is 30.9. The Morgan fingerprint density at radius 1 is 0.880 bits per heavy atom. The highest BCUT2D eigenvalue weighted by Gasteiger charge is 2.49. The number of anilines is 2. The zero-order valence-corrected chi connectivity index (χ0v) is 64.5. The summed E-state index contributed by atoms with van der Waals surface area (Å²) in [5, 5.41) is 32.1. The monoisotopic (exact) mass is 1580 g/mol. The van der Waals surface area contributed by atoms with Gasteiger partial charge < -0.3 is 49.5 Å². The number of carbonyl (C=O) groups excluding carboxylic acids is 4. The number of thiazole rings is 1. The second-order valence-corrected chi connectivity index (χ2v) is 35.2. The summed E-state index contributed by atoms with van der Waals surface area (Å²) >= 11 is 9.17. The number of sulfone groups is 1. The molecule has 5 N–H and O–H groups in total. The second kappa shape index (κ2) is 34.5. The fourth-order valence-electron chi connectivity index (χ4n) is 14.6. The van der Waals surface area contributed by atoms with Crippen LogP contribution in [-0.4, -0.2) is 195 Å².